The van der Waals surface area contributed by atoms with Gasteiger partial charge >= 0.3 is 0 Å². The van der Waals surface area contributed by atoms with Crippen molar-refractivity contribution in [3.05, 3.63) is 41.6 Å². The van der Waals surface area contributed by atoms with Gasteiger partial charge < -0.3 is 10.1 Å². The van der Waals surface area contributed by atoms with Crippen molar-refractivity contribution in [3.8, 4) is 0 Å². The van der Waals surface area contributed by atoms with E-state index in [9.17, 15) is 0 Å². The van der Waals surface area contributed by atoms with E-state index < -0.39 is 0 Å². The second-order valence-corrected chi connectivity index (χ2v) is 5.97. The van der Waals surface area contributed by atoms with E-state index in [0.29, 0.717) is 0 Å². The number of nitrogens with zero attached hydrogens (tertiary/aromatic N) is 1. The number of para-hydroxylation sites is 1. The lowest BCUT2D eigenvalue weighted by Gasteiger charge is -2.29. The monoisotopic (exact) mass is 270 g/mol. The standard InChI is InChI=1S/C17H22N2O/c1-12-10-14(15-6-4-5-7-16(15)19-12)11-18-17(3)8-9-20-13(17)2/h4-7,10,13,18H,8-9,11H2,1-3H3. The van der Waals surface area contributed by atoms with Crippen molar-refractivity contribution in [2.75, 3.05) is 6.61 Å². The summed E-state index contributed by atoms with van der Waals surface area (Å²) < 4.78 is 5.69. The van der Waals surface area contributed by atoms with Gasteiger partial charge in [-0.3, -0.25) is 4.98 Å². The second-order valence-electron chi connectivity index (χ2n) is 5.97. The number of nitrogens with one attached hydrogen (secondary N) is 1. The average molecular weight is 270 g/mol. The quantitative estimate of drug-likeness (QED) is 0.930. The summed E-state index contributed by atoms with van der Waals surface area (Å²) in [6.07, 6.45) is 1.33. The van der Waals surface area contributed by atoms with Crippen molar-refractivity contribution in [1.29, 1.82) is 0 Å². The summed E-state index contributed by atoms with van der Waals surface area (Å²) >= 11 is 0. The van der Waals surface area contributed by atoms with Gasteiger partial charge in [-0.1, -0.05) is 18.2 Å². The van der Waals surface area contributed by atoms with Crippen molar-refractivity contribution in [1.82, 2.24) is 10.3 Å². The van der Waals surface area contributed by atoms with Crippen molar-refractivity contribution in [3.63, 3.8) is 0 Å². The fourth-order valence-electron chi connectivity index (χ4n) is 2.91. The Morgan fingerprint density at radius 1 is 1.40 bits per heavy atom. The molecule has 1 aliphatic heterocycles. The lowest BCUT2D eigenvalue weighted by molar-refractivity contribution is 0.0882. The zero-order valence-corrected chi connectivity index (χ0v) is 12.4. The molecule has 1 aliphatic rings. The molecule has 3 nitrogen and oxygen atoms in total. The van der Waals surface area contributed by atoms with E-state index in [-0.39, 0.29) is 11.6 Å². The van der Waals surface area contributed by atoms with Crippen LogP contribution in [0.3, 0.4) is 0 Å². The van der Waals surface area contributed by atoms with Crippen LogP contribution in [0.15, 0.2) is 30.3 Å². The molecule has 3 rings (SSSR count). The summed E-state index contributed by atoms with van der Waals surface area (Å²) in [6.45, 7) is 8.16. The smallest absolute Gasteiger partial charge is 0.0726 e. The van der Waals surface area contributed by atoms with Crippen LogP contribution >= 0.6 is 0 Å². The summed E-state index contributed by atoms with van der Waals surface area (Å²) in [6, 6.07) is 10.5. The number of aromatic nitrogens is 1. The number of benzene rings is 1. The zero-order chi connectivity index (χ0) is 14.2. The molecular weight excluding hydrogens is 248 g/mol. The Bertz CT molecular complexity index is 625. The van der Waals surface area contributed by atoms with Crippen LogP contribution in [-0.2, 0) is 11.3 Å². The molecular formula is C17H22N2O. The Balaban J connectivity index is 1.87. The van der Waals surface area contributed by atoms with Crippen LogP contribution in [0.25, 0.3) is 10.9 Å². The van der Waals surface area contributed by atoms with E-state index in [4.69, 9.17) is 4.74 Å². The van der Waals surface area contributed by atoms with Gasteiger partial charge in [0, 0.05) is 29.8 Å². The van der Waals surface area contributed by atoms with Crippen LogP contribution in [0.2, 0.25) is 0 Å². The largest absolute Gasteiger partial charge is 0.377 e. The molecule has 20 heavy (non-hydrogen) atoms. The molecule has 0 radical (unpaired) electrons. The van der Waals surface area contributed by atoms with Crippen LogP contribution in [-0.4, -0.2) is 23.2 Å². The predicted molar refractivity (Wildman–Crippen MR) is 81.8 cm³/mol. The maximum absolute atomic E-state index is 5.69. The minimum Gasteiger partial charge on any atom is -0.377 e. The molecule has 0 spiro atoms. The minimum atomic E-state index is 0.0677. The van der Waals surface area contributed by atoms with Crippen LogP contribution in [0.1, 0.15) is 31.5 Å². The van der Waals surface area contributed by atoms with Gasteiger partial charge in [0.15, 0.2) is 0 Å². The van der Waals surface area contributed by atoms with E-state index in [2.05, 4.69) is 55.3 Å². The Morgan fingerprint density at radius 2 is 2.20 bits per heavy atom. The molecule has 1 fully saturated rings. The normalized spacial score (nSPS) is 26.2. The number of pyridine rings is 1. The van der Waals surface area contributed by atoms with E-state index >= 15 is 0 Å². The molecule has 0 aliphatic carbocycles. The van der Waals surface area contributed by atoms with Crippen LogP contribution in [0.4, 0.5) is 0 Å². The van der Waals surface area contributed by atoms with Gasteiger partial charge in [-0.25, -0.2) is 0 Å². The average Bonchev–Trinajstić information content (AvgIpc) is 2.76. The highest BCUT2D eigenvalue weighted by molar-refractivity contribution is 5.82. The van der Waals surface area contributed by atoms with Gasteiger partial charge in [-0.2, -0.15) is 0 Å². The van der Waals surface area contributed by atoms with E-state index in [1.807, 2.05) is 6.07 Å². The van der Waals surface area contributed by atoms with Gasteiger partial charge in [0.2, 0.25) is 0 Å². The zero-order valence-electron chi connectivity index (χ0n) is 12.4. The lowest BCUT2D eigenvalue weighted by Crippen LogP contribution is -2.47. The molecule has 106 valence electrons. The third-order valence-electron chi connectivity index (χ3n) is 4.50. The van der Waals surface area contributed by atoms with Gasteiger partial charge in [0.25, 0.3) is 0 Å². The molecule has 0 amide bonds. The first-order valence-corrected chi connectivity index (χ1v) is 7.30. The number of hydrogen-bond donors (Lipinski definition) is 1. The highest BCUT2D eigenvalue weighted by atomic mass is 16.5. The summed E-state index contributed by atoms with van der Waals surface area (Å²) in [5.41, 5.74) is 3.53. The number of fused-ring (bicyclic) bond motifs is 1. The Morgan fingerprint density at radius 3 is 2.95 bits per heavy atom. The molecule has 2 unspecified atom stereocenters. The van der Waals surface area contributed by atoms with Gasteiger partial charge in [-0.15, -0.1) is 0 Å². The minimum absolute atomic E-state index is 0.0677. The molecule has 3 heteroatoms. The van der Waals surface area contributed by atoms with Crippen molar-refractivity contribution >= 4 is 10.9 Å². The third kappa shape index (κ3) is 2.43. The molecule has 1 aromatic carbocycles. The maximum atomic E-state index is 5.69. The predicted octanol–water partition coefficient (Wildman–Crippen LogP) is 3.20. The Kier molecular flexibility index (Phi) is 3.48. The van der Waals surface area contributed by atoms with Gasteiger partial charge in [0.05, 0.1) is 11.6 Å². The highest BCUT2D eigenvalue weighted by Gasteiger charge is 2.36. The molecule has 1 aromatic heterocycles. The molecule has 1 N–H and O–H groups in total. The van der Waals surface area contributed by atoms with Crippen LogP contribution in [0.5, 0.6) is 0 Å². The number of aryl methyl sites for hydroxylation is 1. The van der Waals surface area contributed by atoms with Crippen LogP contribution in [0, 0.1) is 6.92 Å². The summed E-state index contributed by atoms with van der Waals surface area (Å²) in [4.78, 5) is 4.60. The highest BCUT2D eigenvalue weighted by Crippen LogP contribution is 2.26. The molecule has 0 saturated carbocycles. The molecule has 2 heterocycles. The van der Waals surface area contributed by atoms with Crippen LogP contribution < -0.4 is 5.32 Å². The summed E-state index contributed by atoms with van der Waals surface area (Å²) in [5, 5.41) is 4.93. The lowest BCUT2D eigenvalue weighted by atomic mass is 9.94. The fourth-order valence-corrected chi connectivity index (χ4v) is 2.91. The third-order valence-corrected chi connectivity index (χ3v) is 4.50. The molecule has 1 saturated heterocycles. The first-order chi connectivity index (χ1) is 9.58. The van der Waals surface area contributed by atoms with Crippen molar-refractivity contribution in [2.45, 2.75) is 45.4 Å². The Labute approximate surface area is 120 Å². The topological polar surface area (TPSA) is 34.1 Å². The number of hydrogen-bond acceptors (Lipinski definition) is 3. The first-order valence-electron chi connectivity index (χ1n) is 7.30. The van der Waals surface area contributed by atoms with Gasteiger partial charge in [0.1, 0.15) is 0 Å². The number of rotatable bonds is 3. The van der Waals surface area contributed by atoms with E-state index in [1.54, 1.807) is 0 Å². The van der Waals surface area contributed by atoms with Gasteiger partial charge in [-0.05, 0) is 44.9 Å². The summed E-state index contributed by atoms with van der Waals surface area (Å²) in [7, 11) is 0. The first kappa shape index (κ1) is 13.5. The Hall–Kier alpha value is -1.45. The van der Waals surface area contributed by atoms with Crippen molar-refractivity contribution in [2.24, 2.45) is 0 Å². The molecule has 0 bridgehead atoms. The maximum Gasteiger partial charge on any atom is 0.0726 e. The fraction of sp³-hybridized carbons (Fsp3) is 0.471. The summed E-state index contributed by atoms with van der Waals surface area (Å²) in [5.74, 6) is 0. The SMILES string of the molecule is Cc1cc(CNC2(C)CCOC2C)c2ccccc2n1. The molecule has 2 aromatic rings. The van der Waals surface area contributed by atoms with E-state index in [0.717, 1.165) is 30.8 Å². The molecule has 2 atom stereocenters. The number of ether oxygens (including phenoxy) is 1. The van der Waals surface area contributed by atoms with E-state index in [1.165, 1.54) is 10.9 Å². The second kappa shape index (κ2) is 5.15. The van der Waals surface area contributed by atoms with Crippen molar-refractivity contribution < 1.29 is 4.74 Å².